The minimum atomic E-state index is 0.774. The van der Waals surface area contributed by atoms with Gasteiger partial charge in [0.25, 0.3) is 0 Å². The van der Waals surface area contributed by atoms with E-state index in [0.717, 1.165) is 32.5 Å². The van der Waals surface area contributed by atoms with Gasteiger partial charge in [0.15, 0.2) is 0 Å². The van der Waals surface area contributed by atoms with Crippen LogP contribution < -0.4 is 5.32 Å². The van der Waals surface area contributed by atoms with Crippen molar-refractivity contribution in [3.05, 3.63) is 42.2 Å². The first kappa shape index (κ1) is 13.0. The minimum absolute atomic E-state index is 0.774. The second-order valence-corrected chi connectivity index (χ2v) is 4.37. The van der Waals surface area contributed by atoms with Crippen LogP contribution in [0.1, 0.15) is 12.0 Å². The van der Waals surface area contributed by atoms with E-state index in [2.05, 4.69) is 34.6 Å². The molecule has 1 aromatic carbocycles. The van der Waals surface area contributed by atoms with Crippen LogP contribution in [0.5, 0.6) is 0 Å². The number of methoxy groups -OCH3 is 1. The summed E-state index contributed by atoms with van der Waals surface area (Å²) >= 11 is 0. The second kappa shape index (κ2) is 7.09. The van der Waals surface area contributed by atoms with E-state index in [9.17, 15) is 0 Å². The third kappa shape index (κ3) is 3.52. The number of nitrogens with one attached hydrogen (secondary N) is 1. The first-order valence-corrected chi connectivity index (χ1v) is 6.43. The van der Waals surface area contributed by atoms with Crippen molar-refractivity contribution in [2.24, 2.45) is 0 Å². The van der Waals surface area contributed by atoms with Crippen molar-refractivity contribution in [3.8, 4) is 0 Å². The molecule has 0 radical (unpaired) electrons. The number of aromatic nitrogens is 1. The molecule has 0 amide bonds. The first-order chi connectivity index (χ1) is 8.92. The van der Waals surface area contributed by atoms with Crippen LogP contribution in [0, 0.1) is 0 Å². The molecule has 0 spiro atoms. The third-order valence-corrected chi connectivity index (χ3v) is 3.03. The molecule has 0 saturated heterocycles. The molecule has 3 nitrogen and oxygen atoms in total. The van der Waals surface area contributed by atoms with E-state index < -0.39 is 0 Å². The van der Waals surface area contributed by atoms with Crippen LogP contribution in [-0.2, 0) is 11.2 Å². The first-order valence-electron chi connectivity index (χ1n) is 6.43. The molecule has 0 aliphatic carbocycles. The van der Waals surface area contributed by atoms with Crippen molar-refractivity contribution < 1.29 is 4.74 Å². The van der Waals surface area contributed by atoms with Crippen molar-refractivity contribution in [3.63, 3.8) is 0 Å². The van der Waals surface area contributed by atoms with E-state index in [1.54, 1.807) is 7.11 Å². The van der Waals surface area contributed by atoms with Gasteiger partial charge >= 0.3 is 0 Å². The zero-order valence-corrected chi connectivity index (χ0v) is 10.9. The molecule has 2 rings (SSSR count). The van der Waals surface area contributed by atoms with E-state index in [4.69, 9.17) is 4.74 Å². The Kier molecular flexibility index (Phi) is 5.12. The Bertz CT molecular complexity index is 479. The third-order valence-electron chi connectivity index (χ3n) is 3.03. The van der Waals surface area contributed by atoms with Gasteiger partial charge in [-0.2, -0.15) is 0 Å². The fourth-order valence-corrected chi connectivity index (χ4v) is 2.08. The molecule has 1 heterocycles. The van der Waals surface area contributed by atoms with Crippen LogP contribution in [0.25, 0.3) is 10.8 Å². The lowest BCUT2D eigenvalue weighted by Crippen LogP contribution is -2.20. The van der Waals surface area contributed by atoms with Crippen molar-refractivity contribution in [2.45, 2.75) is 12.8 Å². The quantitative estimate of drug-likeness (QED) is 0.759. The predicted octanol–water partition coefficient (Wildman–Crippen LogP) is 2.40. The van der Waals surface area contributed by atoms with Crippen LogP contribution in [0.15, 0.2) is 36.7 Å². The summed E-state index contributed by atoms with van der Waals surface area (Å²) < 4.78 is 4.99. The molecular weight excluding hydrogens is 224 g/mol. The molecule has 0 fully saturated rings. The Balaban J connectivity index is 1.88. The van der Waals surface area contributed by atoms with Crippen molar-refractivity contribution in [1.82, 2.24) is 10.3 Å². The molecule has 18 heavy (non-hydrogen) atoms. The fraction of sp³-hybridized carbons (Fsp3) is 0.400. The molecule has 0 aliphatic heterocycles. The number of aryl methyl sites for hydroxylation is 1. The average Bonchev–Trinajstić information content (AvgIpc) is 2.43. The number of rotatable bonds is 7. The SMILES string of the molecule is COCCNCCCc1cncc2ccccc12. The van der Waals surface area contributed by atoms with Crippen molar-refractivity contribution in [2.75, 3.05) is 26.8 Å². The highest BCUT2D eigenvalue weighted by atomic mass is 16.5. The van der Waals surface area contributed by atoms with Gasteiger partial charge in [-0.1, -0.05) is 24.3 Å². The zero-order valence-electron chi connectivity index (χ0n) is 10.9. The highest BCUT2D eigenvalue weighted by molar-refractivity contribution is 5.84. The van der Waals surface area contributed by atoms with E-state index in [-0.39, 0.29) is 0 Å². The molecule has 0 aliphatic rings. The summed E-state index contributed by atoms with van der Waals surface area (Å²) in [7, 11) is 1.73. The van der Waals surface area contributed by atoms with E-state index in [1.165, 1.54) is 16.3 Å². The zero-order chi connectivity index (χ0) is 12.6. The maximum absolute atomic E-state index is 4.99. The Morgan fingerprint density at radius 2 is 2.06 bits per heavy atom. The fourth-order valence-electron chi connectivity index (χ4n) is 2.08. The van der Waals surface area contributed by atoms with E-state index >= 15 is 0 Å². The highest BCUT2D eigenvalue weighted by Gasteiger charge is 2.00. The minimum Gasteiger partial charge on any atom is -0.383 e. The largest absolute Gasteiger partial charge is 0.383 e. The average molecular weight is 244 g/mol. The number of hydrogen-bond acceptors (Lipinski definition) is 3. The van der Waals surface area contributed by atoms with Gasteiger partial charge in [0, 0.05) is 31.4 Å². The smallest absolute Gasteiger partial charge is 0.0587 e. The van der Waals surface area contributed by atoms with Gasteiger partial charge in [0.05, 0.1) is 6.61 Å². The van der Waals surface area contributed by atoms with Gasteiger partial charge in [-0.15, -0.1) is 0 Å². The molecule has 2 aromatic rings. The van der Waals surface area contributed by atoms with Crippen molar-refractivity contribution in [1.29, 1.82) is 0 Å². The summed E-state index contributed by atoms with van der Waals surface area (Å²) in [6.07, 6.45) is 6.10. The Labute approximate surface area is 108 Å². The van der Waals surface area contributed by atoms with Crippen LogP contribution in [-0.4, -0.2) is 31.8 Å². The maximum Gasteiger partial charge on any atom is 0.0587 e. The second-order valence-electron chi connectivity index (χ2n) is 4.37. The van der Waals surface area contributed by atoms with Gasteiger partial charge in [-0.25, -0.2) is 0 Å². The van der Waals surface area contributed by atoms with E-state index in [0.29, 0.717) is 0 Å². The lowest BCUT2D eigenvalue weighted by Gasteiger charge is -2.06. The highest BCUT2D eigenvalue weighted by Crippen LogP contribution is 2.17. The number of benzene rings is 1. The molecular formula is C15H20N2O. The molecule has 1 aromatic heterocycles. The van der Waals surface area contributed by atoms with Crippen molar-refractivity contribution >= 4 is 10.8 Å². The normalized spacial score (nSPS) is 10.9. The Morgan fingerprint density at radius 3 is 2.94 bits per heavy atom. The number of nitrogens with zero attached hydrogens (tertiary/aromatic N) is 1. The van der Waals surface area contributed by atoms with Gasteiger partial charge in [0.2, 0.25) is 0 Å². The monoisotopic (exact) mass is 244 g/mol. The summed E-state index contributed by atoms with van der Waals surface area (Å²) in [5.41, 5.74) is 1.33. The van der Waals surface area contributed by atoms with Crippen LogP contribution in [0.2, 0.25) is 0 Å². The lowest BCUT2D eigenvalue weighted by atomic mass is 10.0. The van der Waals surface area contributed by atoms with Gasteiger partial charge in [-0.3, -0.25) is 4.98 Å². The summed E-state index contributed by atoms with van der Waals surface area (Å²) in [6, 6.07) is 8.43. The standard InChI is InChI=1S/C15H20N2O/c1-18-10-9-16-8-4-6-14-12-17-11-13-5-2-3-7-15(13)14/h2-3,5,7,11-12,16H,4,6,8-10H2,1H3. The van der Waals surface area contributed by atoms with Crippen LogP contribution >= 0.6 is 0 Å². The molecule has 1 N–H and O–H groups in total. The lowest BCUT2D eigenvalue weighted by molar-refractivity contribution is 0.199. The van der Waals surface area contributed by atoms with Gasteiger partial charge < -0.3 is 10.1 Å². The predicted molar refractivity (Wildman–Crippen MR) is 74.8 cm³/mol. The van der Waals surface area contributed by atoms with Crippen LogP contribution in [0.3, 0.4) is 0 Å². The summed E-state index contributed by atoms with van der Waals surface area (Å²) in [4.78, 5) is 4.30. The van der Waals surface area contributed by atoms with Gasteiger partial charge in [-0.05, 0) is 30.3 Å². The number of pyridine rings is 1. The summed E-state index contributed by atoms with van der Waals surface area (Å²) in [6.45, 7) is 2.71. The molecule has 0 atom stereocenters. The van der Waals surface area contributed by atoms with E-state index in [1.807, 2.05) is 12.4 Å². The molecule has 0 bridgehead atoms. The molecule has 0 unspecified atom stereocenters. The number of fused-ring (bicyclic) bond motifs is 1. The Morgan fingerprint density at radius 1 is 1.17 bits per heavy atom. The summed E-state index contributed by atoms with van der Waals surface area (Å²) in [5.74, 6) is 0. The summed E-state index contributed by atoms with van der Waals surface area (Å²) in [5, 5.41) is 5.91. The van der Waals surface area contributed by atoms with Gasteiger partial charge in [0.1, 0.15) is 0 Å². The molecule has 3 heteroatoms. The topological polar surface area (TPSA) is 34.1 Å². The maximum atomic E-state index is 4.99. The van der Waals surface area contributed by atoms with Crippen LogP contribution in [0.4, 0.5) is 0 Å². The molecule has 96 valence electrons. The number of ether oxygens (including phenoxy) is 1. The number of hydrogen-bond donors (Lipinski definition) is 1. The Hall–Kier alpha value is -1.45. The molecule has 0 saturated carbocycles.